The number of para-hydroxylation sites is 2. The van der Waals surface area contributed by atoms with Gasteiger partial charge in [-0.3, -0.25) is 0 Å². The molecule has 0 saturated heterocycles. The van der Waals surface area contributed by atoms with E-state index >= 15 is 0 Å². The van der Waals surface area contributed by atoms with Crippen LogP contribution in [0.25, 0.3) is 77.0 Å². The summed E-state index contributed by atoms with van der Waals surface area (Å²) < 4.78 is 0. The third kappa shape index (κ3) is 3.21. The fraction of sp³-hybridized carbons (Fsp3) is 0. The zero-order chi connectivity index (χ0) is 25.1. The molecule has 8 rings (SSSR count). The van der Waals surface area contributed by atoms with E-state index in [0.717, 1.165) is 11.0 Å². The molecule has 0 radical (unpaired) electrons. The highest BCUT2D eigenvalue weighted by Crippen LogP contribution is 2.41. The fourth-order valence-corrected chi connectivity index (χ4v) is 5.93. The van der Waals surface area contributed by atoms with E-state index in [4.69, 9.17) is 0 Å². The molecular weight excluding hydrogens is 460 g/mol. The lowest BCUT2D eigenvalue weighted by Crippen LogP contribution is -1.87. The molecule has 0 aliphatic carbocycles. The van der Waals surface area contributed by atoms with E-state index in [1.807, 2.05) is 0 Å². The van der Waals surface area contributed by atoms with Crippen LogP contribution in [-0.2, 0) is 0 Å². The van der Waals surface area contributed by atoms with Crippen molar-refractivity contribution >= 4 is 43.6 Å². The number of nitrogens with one attached hydrogen (secondary N) is 2. The van der Waals surface area contributed by atoms with Crippen molar-refractivity contribution < 1.29 is 0 Å². The third-order valence-electron chi connectivity index (χ3n) is 7.73. The third-order valence-corrected chi connectivity index (χ3v) is 7.73. The Morgan fingerprint density at radius 2 is 0.711 bits per heavy atom. The molecule has 0 aliphatic heterocycles. The molecule has 8 aromatic rings. The van der Waals surface area contributed by atoms with Gasteiger partial charge in [0.05, 0.1) is 11.0 Å². The highest BCUT2D eigenvalue weighted by Gasteiger charge is 2.16. The Kier molecular flexibility index (Phi) is 4.55. The minimum absolute atomic E-state index is 1.16. The molecule has 0 amide bonds. The van der Waals surface area contributed by atoms with Crippen molar-refractivity contribution in [1.82, 2.24) is 9.97 Å². The lowest BCUT2D eigenvalue weighted by Gasteiger charge is -2.12. The van der Waals surface area contributed by atoms with Crippen molar-refractivity contribution in [3.63, 3.8) is 0 Å². The molecule has 2 heteroatoms. The molecule has 0 bridgehead atoms. The fourth-order valence-electron chi connectivity index (χ4n) is 5.93. The Balaban J connectivity index is 1.48. The Bertz CT molecular complexity index is 1960. The Labute approximate surface area is 220 Å². The molecule has 6 aromatic carbocycles. The molecule has 2 heterocycles. The molecule has 0 aliphatic rings. The molecule has 0 unspecified atom stereocenters. The van der Waals surface area contributed by atoms with Gasteiger partial charge in [0.25, 0.3) is 0 Å². The van der Waals surface area contributed by atoms with Crippen LogP contribution in [0.2, 0.25) is 0 Å². The summed E-state index contributed by atoms with van der Waals surface area (Å²) >= 11 is 0. The zero-order valence-electron chi connectivity index (χ0n) is 20.7. The van der Waals surface area contributed by atoms with E-state index < -0.39 is 0 Å². The molecule has 0 saturated carbocycles. The zero-order valence-corrected chi connectivity index (χ0v) is 20.7. The maximum Gasteiger partial charge on any atom is 0.0544 e. The average molecular weight is 485 g/mol. The van der Waals surface area contributed by atoms with Gasteiger partial charge in [0.15, 0.2) is 0 Å². The first-order valence-corrected chi connectivity index (χ1v) is 13.0. The summed E-state index contributed by atoms with van der Waals surface area (Å²) in [5, 5.41) is 4.99. The van der Waals surface area contributed by atoms with Gasteiger partial charge in [-0.25, -0.2) is 0 Å². The summed E-state index contributed by atoms with van der Waals surface area (Å²) in [6.07, 6.45) is 0. The van der Waals surface area contributed by atoms with Crippen LogP contribution in [-0.4, -0.2) is 9.97 Å². The van der Waals surface area contributed by atoms with E-state index in [0.29, 0.717) is 0 Å². The second kappa shape index (κ2) is 8.22. The van der Waals surface area contributed by atoms with E-state index in [1.165, 1.54) is 66.0 Å². The van der Waals surface area contributed by atoms with Crippen LogP contribution in [0.3, 0.4) is 0 Å². The Morgan fingerprint density at radius 3 is 1.16 bits per heavy atom. The van der Waals surface area contributed by atoms with Crippen molar-refractivity contribution in [2.24, 2.45) is 0 Å². The van der Waals surface area contributed by atoms with Gasteiger partial charge < -0.3 is 9.97 Å². The van der Waals surface area contributed by atoms with Gasteiger partial charge in [-0.15, -0.1) is 0 Å². The van der Waals surface area contributed by atoms with Gasteiger partial charge in [-0.1, -0.05) is 97.1 Å². The molecule has 178 valence electrons. The number of aromatic nitrogens is 2. The minimum atomic E-state index is 1.16. The summed E-state index contributed by atoms with van der Waals surface area (Å²) in [4.78, 5) is 7.41. The molecule has 2 aromatic heterocycles. The summed E-state index contributed by atoms with van der Waals surface area (Å²) in [5.74, 6) is 0. The number of rotatable bonds is 3. The van der Waals surface area contributed by atoms with Gasteiger partial charge in [0, 0.05) is 43.7 Å². The first kappa shape index (κ1) is 21.0. The highest BCUT2D eigenvalue weighted by atomic mass is 14.7. The van der Waals surface area contributed by atoms with Crippen LogP contribution in [0.1, 0.15) is 0 Å². The van der Waals surface area contributed by atoms with Crippen LogP contribution in [0, 0.1) is 0 Å². The Hall–Kier alpha value is -5.08. The van der Waals surface area contributed by atoms with E-state index in [2.05, 4.69) is 143 Å². The Morgan fingerprint density at radius 1 is 0.316 bits per heavy atom. The topological polar surface area (TPSA) is 31.6 Å². The predicted octanol–water partition coefficient (Wildman–Crippen LogP) is 9.96. The summed E-state index contributed by atoms with van der Waals surface area (Å²) in [6.45, 7) is 0. The van der Waals surface area contributed by atoms with Crippen molar-refractivity contribution in [3.05, 3.63) is 133 Å². The van der Waals surface area contributed by atoms with Crippen LogP contribution < -0.4 is 0 Å². The van der Waals surface area contributed by atoms with Crippen LogP contribution >= 0.6 is 0 Å². The summed E-state index contributed by atoms with van der Waals surface area (Å²) in [5.41, 5.74) is 12.0. The monoisotopic (exact) mass is 484 g/mol. The van der Waals surface area contributed by atoms with E-state index in [9.17, 15) is 0 Å². The predicted molar refractivity (Wildman–Crippen MR) is 161 cm³/mol. The van der Waals surface area contributed by atoms with Gasteiger partial charge in [-0.05, 0) is 58.7 Å². The first-order valence-electron chi connectivity index (χ1n) is 13.0. The molecule has 2 nitrogen and oxygen atoms in total. The van der Waals surface area contributed by atoms with Crippen LogP contribution in [0.5, 0.6) is 0 Å². The maximum absolute atomic E-state index is 3.71. The van der Waals surface area contributed by atoms with Crippen molar-refractivity contribution in [1.29, 1.82) is 0 Å². The highest BCUT2D eigenvalue weighted by molar-refractivity contribution is 6.16. The second-order valence-electron chi connectivity index (χ2n) is 9.97. The van der Waals surface area contributed by atoms with Crippen molar-refractivity contribution in [2.75, 3.05) is 0 Å². The lowest BCUT2D eigenvalue weighted by molar-refractivity contribution is 1.52. The van der Waals surface area contributed by atoms with Crippen molar-refractivity contribution in [2.45, 2.75) is 0 Å². The normalized spacial score (nSPS) is 11.7. The van der Waals surface area contributed by atoms with Gasteiger partial charge in [-0.2, -0.15) is 0 Å². The standard InChI is InChI=1S/C36H24N2/c1-3-11-23(12-4-1)29-19-25(21-31-27-15-7-9-17-33(27)37-35(29)31)26-20-30(24-13-5-2-6-14-24)36-32(22-26)28-16-8-10-18-34(28)38-36/h1-22,37-38H. The quantitative estimate of drug-likeness (QED) is 0.250. The number of H-pyrrole nitrogens is 2. The van der Waals surface area contributed by atoms with Gasteiger partial charge in [0.1, 0.15) is 0 Å². The molecule has 0 spiro atoms. The minimum Gasteiger partial charge on any atom is -0.354 e. The molecular formula is C36H24N2. The molecule has 38 heavy (non-hydrogen) atoms. The SMILES string of the molecule is c1ccc(-c2cc(-c3cc(-c4ccccc4)c4[nH]c5ccccc5c4c3)cc3c2[nH]c2ccccc23)cc1. The number of fused-ring (bicyclic) bond motifs is 6. The van der Waals surface area contributed by atoms with Crippen LogP contribution in [0.4, 0.5) is 0 Å². The first-order chi connectivity index (χ1) is 18.8. The summed E-state index contributed by atoms with van der Waals surface area (Å²) in [7, 11) is 0. The molecule has 2 N–H and O–H groups in total. The van der Waals surface area contributed by atoms with Gasteiger partial charge >= 0.3 is 0 Å². The largest absolute Gasteiger partial charge is 0.354 e. The second-order valence-corrected chi connectivity index (χ2v) is 9.97. The van der Waals surface area contributed by atoms with E-state index in [1.54, 1.807) is 0 Å². The average Bonchev–Trinajstić information content (AvgIpc) is 3.55. The van der Waals surface area contributed by atoms with Crippen LogP contribution in [0.15, 0.2) is 133 Å². The maximum atomic E-state index is 3.71. The number of aromatic amines is 2. The number of hydrogen-bond acceptors (Lipinski definition) is 0. The van der Waals surface area contributed by atoms with Gasteiger partial charge in [0.2, 0.25) is 0 Å². The number of benzene rings is 6. The summed E-state index contributed by atoms with van der Waals surface area (Å²) in [6, 6.07) is 48.0. The van der Waals surface area contributed by atoms with Crippen molar-refractivity contribution in [3.8, 4) is 33.4 Å². The smallest absolute Gasteiger partial charge is 0.0544 e. The lowest BCUT2D eigenvalue weighted by atomic mass is 9.92. The molecule has 0 atom stereocenters. The van der Waals surface area contributed by atoms with E-state index in [-0.39, 0.29) is 0 Å². The number of hydrogen-bond donors (Lipinski definition) is 2. The molecule has 0 fully saturated rings.